The molecule has 0 aliphatic carbocycles. The molecule has 4 aromatic carbocycles. The quantitative estimate of drug-likeness (QED) is 0.103. The first-order chi connectivity index (χ1) is 26.5. The molecule has 1 heterocycles. The van der Waals surface area contributed by atoms with Crippen molar-refractivity contribution in [3.05, 3.63) is 143 Å². The van der Waals surface area contributed by atoms with Crippen LogP contribution in [0.2, 0.25) is 18.1 Å². The molecule has 0 saturated carbocycles. The third-order valence-electron chi connectivity index (χ3n) is 10.4. The molecule has 1 aliphatic rings. The number of rotatable bonds is 15. The second-order valence-corrected chi connectivity index (χ2v) is 21.8. The molecule has 0 saturated heterocycles. The van der Waals surface area contributed by atoms with Gasteiger partial charge in [0.15, 0.2) is 14.1 Å². The first-order valence-corrected chi connectivity index (χ1v) is 22.3. The molecule has 10 heteroatoms. The Bertz CT molecular complexity index is 1920. The lowest BCUT2D eigenvalue weighted by molar-refractivity contribution is -0.126. The number of fused-ring (bicyclic) bond motifs is 1. The van der Waals surface area contributed by atoms with E-state index in [1.165, 1.54) is 6.26 Å². The maximum atomic E-state index is 14.7. The highest BCUT2D eigenvalue weighted by Gasteiger charge is 2.43. The normalized spacial score (nSPS) is 15.9. The van der Waals surface area contributed by atoms with Gasteiger partial charge in [-0.05, 0) is 93.1 Å². The molecule has 0 radical (unpaired) electrons. The van der Waals surface area contributed by atoms with Crippen molar-refractivity contribution in [2.45, 2.75) is 109 Å². The molecule has 1 unspecified atom stereocenters. The van der Waals surface area contributed by atoms with Crippen molar-refractivity contribution in [1.82, 2.24) is 10.6 Å². The smallest absolute Gasteiger partial charge is 0.407 e. The Hall–Kier alpha value is -5.06. The molecule has 0 bridgehead atoms. The van der Waals surface area contributed by atoms with E-state index in [-0.39, 0.29) is 23.1 Å². The van der Waals surface area contributed by atoms with Crippen molar-refractivity contribution < 1.29 is 33.3 Å². The summed E-state index contributed by atoms with van der Waals surface area (Å²) < 4.78 is 24.7. The Morgan fingerprint density at radius 3 is 2.00 bits per heavy atom. The van der Waals surface area contributed by atoms with E-state index in [1.807, 2.05) is 124 Å². The zero-order valence-electron chi connectivity index (χ0n) is 34.0. The van der Waals surface area contributed by atoms with E-state index >= 15 is 0 Å². The van der Waals surface area contributed by atoms with Gasteiger partial charge in [-0.3, -0.25) is 4.79 Å². The molecular weight excluding hydrogens is 721 g/mol. The fraction of sp³-hybridized carbons (Fsp3) is 0.391. The van der Waals surface area contributed by atoms with Crippen molar-refractivity contribution in [3.8, 4) is 11.5 Å². The Labute approximate surface area is 333 Å². The summed E-state index contributed by atoms with van der Waals surface area (Å²) >= 11 is 0. The molecule has 2 amide bonds. The van der Waals surface area contributed by atoms with E-state index < -0.39 is 44.1 Å². The summed E-state index contributed by atoms with van der Waals surface area (Å²) in [6.45, 7) is 16.8. The summed E-state index contributed by atoms with van der Waals surface area (Å²) in [6.07, 6.45) is 1.22. The predicted octanol–water partition coefficient (Wildman–Crippen LogP) is 9.99. The van der Waals surface area contributed by atoms with E-state index in [1.54, 1.807) is 6.07 Å². The number of benzene rings is 4. The molecule has 4 atom stereocenters. The van der Waals surface area contributed by atoms with Gasteiger partial charge >= 0.3 is 6.09 Å². The lowest BCUT2D eigenvalue weighted by Gasteiger charge is -2.42. The molecule has 1 aliphatic heterocycles. The van der Waals surface area contributed by atoms with Crippen molar-refractivity contribution in [2.24, 2.45) is 5.92 Å². The third kappa shape index (κ3) is 12.0. The molecule has 4 aromatic rings. The van der Waals surface area contributed by atoms with Crippen LogP contribution in [0.4, 0.5) is 4.79 Å². The van der Waals surface area contributed by atoms with Crippen LogP contribution in [0.5, 0.6) is 11.5 Å². The second kappa shape index (κ2) is 18.3. The van der Waals surface area contributed by atoms with Gasteiger partial charge < -0.3 is 34.4 Å². The van der Waals surface area contributed by atoms with Gasteiger partial charge in [-0.25, -0.2) is 4.79 Å². The number of carbonyl (C=O) groups is 2. The number of ether oxygens (including phenoxy) is 3. The van der Waals surface area contributed by atoms with E-state index in [4.69, 9.17) is 18.6 Å². The number of para-hydroxylation sites is 1. The van der Waals surface area contributed by atoms with Crippen molar-refractivity contribution in [3.63, 3.8) is 0 Å². The number of hydrogen-bond donors (Lipinski definition) is 3. The molecule has 0 fully saturated rings. The van der Waals surface area contributed by atoms with Gasteiger partial charge in [0.05, 0.1) is 12.1 Å². The van der Waals surface area contributed by atoms with Crippen LogP contribution in [0.25, 0.3) is 0 Å². The minimum Gasteiger partial charge on any atom is -0.507 e. The van der Waals surface area contributed by atoms with Crippen molar-refractivity contribution in [2.75, 3.05) is 0 Å². The number of nitrogens with one attached hydrogen (secondary N) is 2. The second-order valence-electron chi connectivity index (χ2n) is 17.1. The molecule has 56 heavy (non-hydrogen) atoms. The molecule has 0 aromatic heterocycles. The molecule has 9 nitrogen and oxygen atoms in total. The number of alkyl carbamates (subject to hydrolysis) is 1. The number of hydrogen-bond acceptors (Lipinski definition) is 7. The molecule has 298 valence electrons. The third-order valence-corrected chi connectivity index (χ3v) is 14.9. The van der Waals surface area contributed by atoms with E-state index in [0.717, 1.165) is 22.4 Å². The van der Waals surface area contributed by atoms with Gasteiger partial charge in [-0.1, -0.05) is 112 Å². The van der Waals surface area contributed by atoms with Crippen LogP contribution in [0, 0.1) is 5.92 Å². The summed E-state index contributed by atoms with van der Waals surface area (Å²) in [6, 6.07) is 33.7. The highest BCUT2D eigenvalue weighted by molar-refractivity contribution is 6.74. The molecule has 5 rings (SSSR count). The molecular formula is C46H58N2O7Si. The van der Waals surface area contributed by atoms with Crippen LogP contribution in [-0.2, 0) is 33.4 Å². The fourth-order valence-corrected chi connectivity index (χ4v) is 7.72. The number of carbonyl (C=O) groups excluding carboxylic acids is 2. The lowest BCUT2D eigenvalue weighted by atomic mass is 9.88. The monoisotopic (exact) mass is 778 g/mol. The van der Waals surface area contributed by atoms with Crippen LogP contribution >= 0.6 is 0 Å². The van der Waals surface area contributed by atoms with E-state index in [0.29, 0.717) is 30.8 Å². The predicted molar refractivity (Wildman–Crippen MR) is 223 cm³/mol. The van der Waals surface area contributed by atoms with Crippen LogP contribution in [0.15, 0.2) is 121 Å². The first-order valence-electron chi connectivity index (χ1n) is 19.4. The van der Waals surface area contributed by atoms with Crippen molar-refractivity contribution >= 4 is 20.3 Å². The maximum Gasteiger partial charge on any atom is 0.407 e. The summed E-state index contributed by atoms with van der Waals surface area (Å²) in [5.41, 5.74) is 2.94. The van der Waals surface area contributed by atoms with Gasteiger partial charge in [0.2, 0.25) is 5.91 Å². The first kappa shape index (κ1) is 42.1. The van der Waals surface area contributed by atoms with Crippen molar-refractivity contribution in [1.29, 1.82) is 0 Å². The van der Waals surface area contributed by atoms with Gasteiger partial charge in [0.25, 0.3) is 0 Å². The number of amides is 2. The van der Waals surface area contributed by atoms with E-state index in [2.05, 4.69) is 44.5 Å². The summed E-state index contributed by atoms with van der Waals surface area (Å²) in [7, 11) is -2.49. The standard InChI is InChI=1S/C46H58N2O7Si/c1-45(2,3)54-44(51)47-38(28-32-17-11-9-12-18-32)41(55-56(7,8)46(4,5)6)29-35(43(50)48-42-37-21-15-16-22-40(37)53-31-39(42)49)27-33-23-25-36(26-24-33)52-30-34-19-13-10-14-20-34/h9-26,31,35,38,41-42,49H,27-30H2,1-8H3,(H,47,51)(H,48,50)/t35-,38+,41+,42?/m1/s1. The summed E-state index contributed by atoms with van der Waals surface area (Å²) in [4.78, 5) is 28.2. The minimum absolute atomic E-state index is 0.0988. The highest BCUT2D eigenvalue weighted by atomic mass is 28.4. The van der Waals surface area contributed by atoms with Crippen LogP contribution < -0.4 is 20.1 Å². The van der Waals surface area contributed by atoms with E-state index in [9.17, 15) is 14.7 Å². The van der Waals surface area contributed by atoms with Gasteiger partial charge in [0, 0.05) is 11.5 Å². The molecule has 0 spiro atoms. The van der Waals surface area contributed by atoms with Gasteiger partial charge in [-0.2, -0.15) is 0 Å². The van der Waals surface area contributed by atoms with Gasteiger partial charge in [0.1, 0.15) is 36.0 Å². The topological polar surface area (TPSA) is 115 Å². The van der Waals surface area contributed by atoms with Crippen LogP contribution in [0.1, 0.15) is 76.3 Å². The zero-order valence-corrected chi connectivity index (χ0v) is 35.0. The SMILES string of the molecule is CC(C)(C)OC(=O)N[C@@H](Cc1ccccc1)[C@H](C[C@@H](Cc1ccc(OCc2ccccc2)cc1)C(=O)NC1C(O)=COc2ccccc21)O[Si](C)(C)C(C)(C)C. The number of aliphatic hydroxyl groups is 1. The largest absolute Gasteiger partial charge is 0.507 e. The minimum atomic E-state index is -2.49. The molecule has 3 N–H and O–H groups in total. The maximum absolute atomic E-state index is 14.7. The van der Waals surface area contributed by atoms with Gasteiger partial charge in [-0.15, -0.1) is 0 Å². The van der Waals surface area contributed by atoms with Crippen LogP contribution in [0.3, 0.4) is 0 Å². The average Bonchev–Trinajstić information content (AvgIpc) is 3.14. The Kier molecular flexibility index (Phi) is 13.7. The zero-order chi connectivity index (χ0) is 40.5. The Balaban J connectivity index is 1.50. The summed E-state index contributed by atoms with van der Waals surface area (Å²) in [5.74, 6) is 0.272. The lowest BCUT2D eigenvalue weighted by Crippen LogP contribution is -2.54. The number of aliphatic hydroxyl groups excluding tert-OH is 1. The fourth-order valence-electron chi connectivity index (χ4n) is 6.35. The highest BCUT2D eigenvalue weighted by Crippen LogP contribution is 2.39. The average molecular weight is 779 g/mol. The summed E-state index contributed by atoms with van der Waals surface area (Å²) in [5, 5.41) is 17.1. The van der Waals surface area contributed by atoms with Crippen LogP contribution in [-0.4, -0.2) is 43.2 Å². The Morgan fingerprint density at radius 2 is 1.38 bits per heavy atom. The Morgan fingerprint density at radius 1 is 0.786 bits per heavy atom.